The van der Waals surface area contributed by atoms with Crippen LogP contribution in [0.15, 0.2) is 15.8 Å². The molecule has 2 rings (SSSR count). The van der Waals surface area contributed by atoms with Gasteiger partial charge in [-0.05, 0) is 0 Å². The predicted octanol–water partition coefficient (Wildman–Crippen LogP) is 0.805. The summed E-state index contributed by atoms with van der Waals surface area (Å²) >= 11 is -2.40. The third kappa shape index (κ3) is 5.66. The number of aromatic nitrogens is 2. The summed E-state index contributed by atoms with van der Waals surface area (Å²) in [5, 5.41) is 20.2. The van der Waals surface area contributed by atoms with Crippen LogP contribution in [0.1, 0.15) is 51.3 Å². The van der Waals surface area contributed by atoms with Gasteiger partial charge >= 0.3 is 167 Å². The number of rotatable bonds is 10. The summed E-state index contributed by atoms with van der Waals surface area (Å²) in [6, 6.07) is 0. The maximum absolute atomic E-state index is 12.3. The van der Waals surface area contributed by atoms with Gasteiger partial charge in [0, 0.05) is 0 Å². The number of aliphatic hydroxyl groups is 2. The fourth-order valence-electron chi connectivity index (χ4n) is 3.38. The summed E-state index contributed by atoms with van der Waals surface area (Å²) in [5.41, 5.74) is -0.686. The van der Waals surface area contributed by atoms with Gasteiger partial charge in [0.25, 0.3) is 0 Å². The molecule has 2 unspecified atom stereocenters. The van der Waals surface area contributed by atoms with Crippen molar-refractivity contribution in [3.8, 4) is 0 Å². The van der Waals surface area contributed by atoms with Gasteiger partial charge in [0.15, 0.2) is 0 Å². The number of aromatic amines is 1. The Morgan fingerprint density at radius 1 is 1.26 bits per heavy atom. The number of nitrogens with zero attached hydrogens (tertiary/aromatic N) is 1. The first-order valence-corrected chi connectivity index (χ1v) is 15.8. The molecule has 1 aromatic heterocycles. The molecule has 0 spiro atoms. The van der Waals surface area contributed by atoms with Crippen molar-refractivity contribution in [3.05, 3.63) is 32.6 Å². The van der Waals surface area contributed by atoms with Crippen molar-refractivity contribution in [1.82, 2.24) is 9.55 Å². The van der Waals surface area contributed by atoms with Crippen LogP contribution in [0.4, 0.5) is 0 Å². The SMILES string of the molecule is CCC[CH2][SnH]([CH2]CCC)[O]C1C(O)[C@H](CO)O[C@@H]1n1cc(C)c(=O)[nH]c1=O. The van der Waals surface area contributed by atoms with E-state index in [1.807, 2.05) is 0 Å². The van der Waals surface area contributed by atoms with Crippen molar-refractivity contribution in [2.75, 3.05) is 6.61 Å². The topological polar surface area (TPSA) is 114 Å². The first kappa shape index (κ1) is 22.6. The van der Waals surface area contributed by atoms with Gasteiger partial charge in [-0.25, -0.2) is 0 Å². The molecule has 8 nitrogen and oxygen atoms in total. The van der Waals surface area contributed by atoms with E-state index in [1.54, 1.807) is 6.92 Å². The van der Waals surface area contributed by atoms with Crippen LogP contribution >= 0.6 is 0 Å². The summed E-state index contributed by atoms with van der Waals surface area (Å²) in [5.74, 6) is 0. The molecule has 1 saturated heterocycles. The van der Waals surface area contributed by atoms with Gasteiger partial charge in [0.05, 0.1) is 0 Å². The average Bonchev–Trinajstić information content (AvgIpc) is 2.96. The third-order valence-corrected chi connectivity index (χ3v) is 13.0. The number of hydrogen-bond acceptors (Lipinski definition) is 6. The van der Waals surface area contributed by atoms with Gasteiger partial charge in [0.2, 0.25) is 0 Å². The van der Waals surface area contributed by atoms with Gasteiger partial charge in [-0.2, -0.15) is 0 Å². The summed E-state index contributed by atoms with van der Waals surface area (Å²) in [6.45, 7) is 5.52. The maximum atomic E-state index is 12.3. The van der Waals surface area contributed by atoms with E-state index in [-0.39, 0.29) is 6.61 Å². The van der Waals surface area contributed by atoms with Gasteiger partial charge in [-0.15, -0.1) is 0 Å². The standard InChI is InChI=1S/C10H13N2O6.2C4H9.Sn.H/c1-4-2-12(10(17)11-8(4)16)9-7(15)6(14)5(3-13)18-9;2*1-3-4-2;;/h2,5-7,9,13-14H,3H2,1H3,(H,11,16,17);2*1,3-4H2,2H3;;/q-1;;;+1;/t5-,6?,7?,9-;;;;/m0..../s1. The zero-order chi connectivity index (χ0) is 20.0. The van der Waals surface area contributed by atoms with Crippen LogP contribution in [0.25, 0.3) is 0 Å². The summed E-state index contributed by atoms with van der Waals surface area (Å²) in [4.78, 5) is 26.2. The van der Waals surface area contributed by atoms with Crippen LogP contribution in [0.3, 0.4) is 0 Å². The normalized spacial score (nSPS) is 25.4. The Bertz CT molecular complexity index is 698. The molecule has 1 aliphatic heterocycles. The van der Waals surface area contributed by atoms with E-state index < -0.39 is 56.0 Å². The van der Waals surface area contributed by atoms with E-state index >= 15 is 0 Å². The second-order valence-electron chi connectivity index (χ2n) is 7.22. The number of hydrogen-bond donors (Lipinski definition) is 3. The van der Waals surface area contributed by atoms with E-state index in [0.29, 0.717) is 5.56 Å². The first-order valence-electron chi connectivity index (χ1n) is 9.84. The summed E-state index contributed by atoms with van der Waals surface area (Å²) in [7, 11) is 0. The van der Waals surface area contributed by atoms with Crippen LogP contribution in [0.2, 0.25) is 8.87 Å². The molecular weight excluding hydrogens is 459 g/mol. The number of aliphatic hydroxyl groups excluding tert-OH is 2. The van der Waals surface area contributed by atoms with Gasteiger partial charge in [-0.3, -0.25) is 0 Å². The van der Waals surface area contributed by atoms with E-state index in [0.717, 1.165) is 34.6 Å². The molecule has 4 atom stereocenters. The van der Waals surface area contributed by atoms with Crippen molar-refractivity contribution in [2.24, 2.45) is 0 Å². The number of ether oxygens (including phenoxy) is 1. The van der Waals surface area contributed by atoms with Crippen LogP contribution in [0, 0.1) is 6.92 Å². The molecule has 3 N–H and O–H groups in total. The molecule has 27 heavy (non-hydrogen) atoms. The Kier molecular flexibility index (Phi) is 9.00. The zero-order valence-corrected chi connectivity index (χ0v) is 19.7. The van der Waals surface area contributed by atoms with Crippen LogP contribution < -0.4 is 11.2 Å². The van der Waals surface area contributed by atoms with Crippen LogP contribution in [-0.2, 0) is 7.81 Å². The van der Waals surface area contributed by atoms with Gasteiger partial charge in [-0.1, -0.05) is 0 Å². The van der Waals surface area contributed by atoms with Gasteiger partial charge < -0.3 is 0 Å². The Balaban J connectivity index is 2.30. The average molecular weight is 491 g/mol. The van der Waals surface area contributed by atoms with Crippen molar-refractivity contribution < 1.29 is 18.0 Å². The van der Waals surface area contributed by atoms with Crippen LogP contribution in [-0.4, -0.2) is 64.9 Å². The molecule has 0 amide bonds. The summed E-state index contributed by atoms with van der Waals surface area (Å²) in [6.07, 6.45) is 2.41. The fraction of sp³-hybridized carbons (Fsp3) is 0.778. The molecule has 9 heteroatoms. The molecule has 2 heterocycles. The Labute approximate surface area is 166 Å². The number of aryl methyl sites for hydroxylation is 1. The second-order valence-corrected chi connectivity index (χ2v) is 14.8. The summed E-state index contributed by atoms with van der Waals surface area (Å²) < 4.78 is 15.6. The molecule has 0 bridgehead atoms. The van der Waals surface area contributed by atoms with Crippen molar-refractivity contribution >= 4 is 20.2 Å². The molecule has 0 saturated carbocycles. The minimum atomic E-state index is -2.40. The van der Waals surface area contributed by atoms with Crippen molar-refractivity contribution in [3.63, 3.8) is 0 Å². The third-order valence-electron chi connectivity index (χ3n) is 5.02. The van der Waals surface area contributed by atoms with E-state index in [2.05, 4.69) is 18.8 Å². The molecule has 1 aromatic rings. The molecular formula is C18H32N2O6Sn. The molecule has 154 valence electrons. The number of H-pyrrole nitrogens is 1. The Morgan fingerprint density at radius 2 is 1.89 bits per heavy atom. The monoisotopic (exact) mass is 492 g/mol. The second kappa shape index (κ2) is 10.8. The van der Waals surface area contributed by atoms with Crippen LogP contribution in [0.5, 0.6) is 0 Å². The number of unbranched alkanes of at least 4 members (excludes halogenated alkanes) is 2. The zero-order valence-electron chi connectivity index (χ0n) is 16.4. The Hall–Kier alpha value is -0.681. The number of nitrogens with one attached hydrogen (secondary N) is 1. The Morgan fingerprint density at radius 3 is 2.44 bits per heavy atom. The molecule has 0 aliphatic carbocycles. The molecule has 1 fully saturated rings. The predicted molar refractivity (Wildman–Crippen MR) is 105 cm³/mol. The van der Waals surface area contributed by atoms with Gasteiger partial charge in [0.1, 0.15) is 0 Å². The van der Waals surface area contributed by atoms with Crippen molar-refractivity contribution in [1.29, 1.82) is 0 Å². The quantitative estimate of drug-likeness (QED) is 0.418. The minimum absolute atomic E-state index is 0.362. The molecule has 0 radical (unpaired) electrons. The molecule has 0 aromatic carbocycles. The van der Waals surface area contributed by atoms with E-state index in [4.69, 9.17) is 7.81 Å². The van der Waals surface area contributed by atoms with Crippen molar-refractivity contribution in [2.45, 2.75) is 79.9 Å². The van der Waals surface area contributed by atoms with E-state index in [1.165, 1.54) is 10.8 Å². The fourth-order valence-corrected chi connectivity index (χ4v) is 12.0. The first-order chi connectivity index (χ1) is 12.9. The van der Waals surface area contributed by atoms with E-state index in [9.17, 15) is 19.8 Å². The molecule has 1 aliphatic rings.